The van der Waals surface area contributed by atoms with Gasteiger partial charge in [-0.2, -0.15) is 0 Å². The van der Waals surface area contributed by atoms with Gasteiger partial charge in [-0.3, -0.25) is 0 Å². The third kappa shape index (κ3) is 4.30. The average molecular weight is 196 g/mol. The molecule has 84 valence electrons. The average Bonchev–Trinajstić information content (AvgIpc) is 1.97. The summed E-state index contributed by atoms with van der Waals surface area (Å²) in [6.45, 7) is 20.2. The van der Waals surface area contributed by atoms with Gasteiger partial charge in [0.1, 0.15) is 0 Å². The quantitative estimate of drug-likeness (QED) is 0.561. The van der Waals surface area contributed by atoms with Gasteiger partial charge in [-0.05, 0) is 29.1 Å². The van der Waals surface area contributed by atoms with E-state index in [2.05, 4.69) is 61.1 Å². The Balaban J connectivity index is 4.52. The van der Waals surface area contributed by atoms with E-state index in [9.17, 15) is 0 Å². The summed E-state index contributed by atoms with van der Waals surface area (Å²) in [6.07, 6.45) is 3.34. The molecule has 0 heteroatoms. The summed E-state index contributed by atoms with van der Waals surface area (Å²) >= 11 is 0. The molecule has 14 heavy (non-hydrogen) atoms. The van der Waals surface area contributed by atoms with Gasteiger partial charge in [-0.25, -0.2) is 0 Å². The van der Waals surface area contributed by atoms with Crippen molar-refractivity contribution in [3.8, 4) is 0 Å². The number of hydrogen-bond donors (Lipinski definition) is 0. The van der Waals surface area contributed by atoms with Crippen LogP contribution in [-0.2, 0) is 0 Å². The molecule has 0 spiro atoms. The molecule has 0 bridgehead atoms. The Bertz CT molecular complexity index is 181. The molecule has 0 fully saturated rings. The van der Waals surface area contributed by atoms with Gasteiger partial charge in [0.15, 0.2) is 0 Å². The molecule has 0 N–H and O–H groups in total. The van der Waals surface area contributed by atoms with Crippen molar-refractivity contribution in [3.63, 3.8) is 0 Å². The van der Waals surface area contributed by atoms with E-state index in [4.69, 9.17) is 0 Å². The second-order valence-corrected chi connectivity index (χ2v) is 6.61. The van der Waals surface area contributed by atoms with Crippen LogP contribution in [0.25, 0.3) is 0 Å². The van der Waals surface area contributed by atoms with Crippen molar-refractivity contribution in [3.05, 3.63) is 12.7 Å². The van der Waals surface area contributed by atoms with Crippen LogP contribution >= 0.6 is 0 Å². The van der Waals surface area contributed by atoms with Gasteiger partial charge < -0.3 is 0 Å². The van der Waals surface area contributed by atoms with Crippen molar-refractivity contribution in [2.24, 2.45) is 22.7 Å². The van der Waals surface area contributed by atoms with Crippen LogP contribution in [0.2, 0.25) is 0 Å². The maximum absolute atomic E-state index is 3.89. The van der Waals surface area contributed by atoms with E-state index in [-0.39, 0.29) is 0 Å². The van der Waals surface area contributed by atoms with Crippen LogP contribution in [0, 0.1) is 22.7 Å². The molecule has 0 aliphatic heterocycles. The Hall–Kier alpha value is -0.260. The van der Waals surface area contributed by atoms with Gasteiger partial charge in [0.2, 0.25) is 0 Å². The summed E-state index contributed by atoms with van der Waals surface area (Å²) in [5.41, 5.74) is 0.810. The van der Waals surface area contributed by atoms with Gasteiger partial charge in [-0.15, -0.1) is 6.58 Å². The third-order valence-corrected chi connectivity index (χ3v) is 3.38. The number of allylic oxidation sites excluding steroid dienone is 1. The van der Waals surface area contributed by atoms with Crippen LogP contribution in [0.15, 0.2) is 12.7 Å². The number of hydrogen-bond acceptors (Lipinski definition) is 0. The lowest BCUT2D eigenvalue weighted by atomic mass is 9.66. The van der Waals surface area contributed by atoms with Crippen LogP contribution in [0.5, 0.6) is 0 Å². The summed E-state index contributed by atoms with van der Waals surface area (Å²) < 4.78 is 0. The first-order valence-corrected chi connectivity index (χ1v) is 5.73. The minimum absolute atomic E-state index is 0.395. The van der Waals surface area contributed by atoms with Gasteiger partial charge in [-0.1, -0.05) is 54.5 Å². The molecule has 0 amide bonds. The molecular formula is C14H28. The van der Waals surface area contributed by atoms with Crippen molar-refractivity contribution in [2.45, 2.75) is 54.9 Å². The molecule has 0 nitrogen and oxygen atoms in total. The topological polar surface area (TPSA) is 0 Å². The van der Waals surface area contributed by atoms with Crippen molar-refractivity contribution >= 4 is 0 Å². The molecule has 2 atom stereocenters. The van der Waals surface area contributed by atoms with Crippen molar-refractivity contribution < 1.29 is 0 Å². The fourth-order valence-electron chi connectivity index (χ4n) is 2.44. The fraction of sp³-hybridized carbons (Fsp3) is 0.857. The zero-order chi connectivity index (χ0) is 11.6. The lowest BCUT2D eigenvalue weighted by Gasteiger charge is -2.39. The molecule has 0 aliphatic carbocycles. The minimum Gasteiger partial charge on any atom is -0.103 e. The molecule has 0 aliphatic rings. The highest BCUT2D eigenvalue weighted by Gasteiger charge is 2.32. The predicted octanol–water partition coefficient (Wildman–Crippen LogP) is 4.91. The summed E-state index contributed by atoms with van der Waals surface area (Å²) in [6, 6.07) is 0. The summed E-state index contributed by atoms with van der Waals surface area (Å²) in [5, 5.41) is 0. The Morgan fingerprint density at radius 3 is 1.79 bits per heavy atom. The first-order chi connectivity index (χ1) is 6.10. The smallest absolute Gasteiger partial charge is 0.0234 e. The van der Waals surface area contributed by atoms with Crippen molar-refractivity contribution in [2.75, 3.05) is 0 Å². The zero-order valence-electron chi connectivity index (χ0n) is 11.1. The maximum atomic E-state index is 3.89. The predicted molar refractivity (Wildman–Crippen MR) is 66.4 cm³/mol. The zero-order valence-corrected chi connectivity index (χ0v) is 11.1. The van der Waals surface area contributed by atoms with Gasteiger partial charge in [0, 0.05) is 0 Å². The Kier molecular flexibility index (Phi) is 4.42. The lowest BCUT2D eigenvalue weighted by Crippen LogP contribution is -2.30. The molecule has 0 saturated carbocycles. The monoisotopic (exact) mass is 196 g/mol. The molecule has 0 aromatic rings. The van der Waals surface area contributed by atoms with Crippen LogP contribution in [-0.4, -0.2) is 0 Å². The fourth-order valence-corrected chi connectivity index (χ4v) is 2.44. The molecule has 0 rings (SSSR count). The molecule has 0 saturated heterocycles. The highest BCUT2D eigenvalue weighted by atomic mass is 14.4. The van der Waals surface area contributed by atoms with Crippen molar-refractivity contribution in [1.29, 1.82) is 0 Å². The third-order valence-electron chi connectivity index (χ3n) is 3.38. The highest BCUT2D eigenvalue weighted by molar-refractivity contribution is 4.89. The highest BCUT2D eigenvalue weighted by Crippen LogP contribution is 2.42. The SMILES string of the molecule is C=CC(C)C(C)C(C)(C)CC(C)(C)C. The van der Waals surface area contributed by atoms with E-state index in [1.807, 2.05) is 0 Å². The Morgan fingerprint density at radius 2 is 1.50 bits per heavy atom. The molecule has 0 aromatic carbocycles. The van der Waals surface area contributed by atoms with Crippen molar-refractivity contribution in [1.82, 2.24) is 0 Å². The van der Waals surface area contributed by atoms with Crippen LogP contribution < -0.4 is 0 Å². The summed E-state index contributed by atoms with van der Waals surface area (Å²) in [5.74, 6) is 1.30. The van der Waals surface area contributed by atoms with Crippen LogP contribution in [0.1, 0.15) is 54.9 Å². The normalized spacial score (nSPS) is 17.6. The van der Waals surface area contributed by atoms with E-state index in [1.165, 1.54) is 6.42 Å². The minimum atomic E-state index is 0.395. The molecular weight excluding hydrogens is 168 g/mol. The van der Waals surface area contributed by atoms with Gasteiger partial charge in [0.05, 0.1) is 0 Å². The van der Waals surface area contributed by atoms with Crippen LogP contribution in [0.3, 0.4) is 0 Å². The largest absolute Gasteiger partial charge is 0.103 e. The summed E-state index contributed by atoms with van der Waals surface area (Å²) in [7, 11) is 0. The maximum Gasteiger partial charge on any atom is -0.0234 e. The molecule has 0 aromatic heterocycles. The number of rotatable bonds is 4. The molecule has 2 unspecified atom stereocenters. The first-order valence-electron chi connectivity index (χ1n) is 5.73. The second-order valence-electron chi connectivity index (χ2n) is 6.61. The van der Waals surface area contributed by atoms with Gasteiger partial charge in [0.25, 0.3) is 0 Å². The summed E-state index contributed by atoms with van der Waals surface area (Å²) in [4.78, 5) is 0. The second kappa shape index (κ2) is 4.51. The van der Waals surface area contributed by atoms with E-state index in [0.717, 1.165) is 0 Å². The first kappa shape index (κ1) is 13.7. The van der Waals surface area contributed by atoms with Crippen LogP contribution in [0.4, 0.5) is 0 Å². The van der Waals surface area contributed by atoms with E-state index in [1.54, 1.807) is 0 Å². The Morgan fingerprint density at radius 1 is 1.07 bits per heavy atom. The van der Waals surface area contributed by atoms with E-state index < -0.39 is 0 Å². The Labute approximate surface area is 90.8 Å². The lowest BCUT2D eigenvalue weighted by molar-refractivity contribution is 0.117. The standard InChI is InChI=1S/C14H28/c1-9-11(2)12(3)14(7,8)10-13(4,5)6/h9,11-12H,1,10H2,2-8H3. The molecule has 0 radical (unpaired) electrons. The van der Waals surface area contributed by atoms with E-state index >= 15 is 0 Å². The van der Waals surface area contributed by atoms with E-state index in [0.29, 0.717) is 22.7 Å². The molecule has 0 heterocycles. The van der Waals surface area contributed by atoms with Gasteiger partial charge >= 0.3 is 0 Å².